The van der Waals surface area contributed by atoms with Crippen LogP contribution in [0.5, 0.6) is 0 Å². The van der Waals surface area contributed by atoms with E-state index in [0.717, 1.165) is 6.26 Å². The van der Waals surface area contributed by atoms with Crippen molar-refractivity contribution in [1.29, 1.82) is 0 Å². The Hall–Kier alpha value is -2.09. The first-order valence-electron chi connectivity index (χ1n) is 9.29. The van der Waals surface area contributed by atoms with Gasteiger partial charge in [0.05, 0.1) is 24.5 Å². The molecule has 8 heteroatoms. The van der Waals surface area contributed by atoms with Crippen LogP contribution in [-0.2, 0) is 24.3 Å². The SMILES string of the molecule is CCOC(=O)C1CCN(C(=O)C(CC)N(c2ccccc2)S(C)(=O)=O)CC1. The van der Waals surface area contributed by atoms with Crippen LogP contribution in [0.4, 0.5) is 5.69 Å². The Bertz CT molecular complexity index is 743. The number of piperidine rings is 1. The highest BCUT2D eigenvalue weighted by Crippen LogP contribution is 2.25. The number of rotatable bonds is 7. The molecule has 0 N–H and O–H groups in total. The van der Waals surface area contributed by atoms with Gasteiger partial charge in [-0.3, -0.25) is 13.9 Å². The minimum atomic E-state index is -3.63. The van der Waals surface area contributed by atoms with E-state index < -0.39 is 16.1 Å². The quantitative estimate of drug-likeness (QED) is 0.659. The molecule has 0 spiro atoms. The van der Waals surface area contributed by atoms with E-state index in [0.29, 0.717) is 44.6 Å². The number of esters is 1. The number of hydrogen-bond donors (Lipinski definition) is 0. The Balaban J connectivity index is 2.16. The summed E-state index contributed by atoms with van der Waals surface area (Å²) in [5.41, 5.74) is 0.474. The number of ether oxygens (including phenoxy) is 1. The van der Waals surface area contributed by atoms with Crippen molar-refractivity contribution in [2.75, 3.05) is 30.3 Å². The summed E-state index contributed by atoms with van der Waals surface area (Å²) in [4.78, 5) is 26.6. The van der Waals surface area contributed by atoms with Crippen LogP contribution in [0.25, 0.3) is 0 Å². The number of sulfonamides is 1. The van der Waals surface area contributed by atoms with E-state index in [1.807, 2.05) is 0 Å². The van der Waals surface area contributed by atoms with Crippen molar-refractivity contribution in [2.24, 2.45) is 5.92 Å². The number of carbonyl (C=O) groups is 2. The van der Waals surface area contributed by atoms with E-state index in [9.17, 15) is 18.0 Å². The summed E-state index contributed by atoms with van der Waals surface area (Å²) < 4.78 is 31.1. The van der Waals surface area contributed by atoms with Gasteiger partial charge in [0.2, 0.25) is 15.9 Å². The minimum absolute atomic E-state index is 0.200. The molecule has 1 saturated heterocycles. The molecule has 0 aromatic heterocycles. The van der Waals surface area contributed by atoms with Gasteiger partial charge in [0.1, 0.15) is 6.04 Å². The van der Waals surface area contributed by atoms with Crippen LogP contribution in [0.2, 0.25) is 0 Å². The molecular formula is C19H28N2O5S. The van der Waals surface area contributed by atoms with Crippen LogP contribution < -0.4 is 4.31 Å². The van der Waals surface area contributed by atoms with E-state index in [4.69, 9.17) is 4.74 Å². The van der Waals surface area contributed by atoms with Crippen LogP contribution >= 0.6 is 0 Å². The zero-order chi connectivity index (χ0) is 20.0. The molecule has 27 heavy (non-hydrogen) atoms. The van der Waals surface area contributed by atoms with E-state index >= 15 is 0 Å². The van der Waals surface area contributed by atoms with E-state index in [2.05, 4.69) is 0 Å². The molecule has 1 aromatic carbocycles. The Kier molecular flexibility index (Phi) is 7.24. The van der Waals surface area contributed by atoms with Gasteiger partial charge in [0, 0.05) is 13.1 Å². The highest BCUT2D eigenvalue weighted by atomic mass is 32.2. The van der Waals surface area contributed by atoms with Crippen molar-refractivity contribution in [1.82, 2.24) is 4.90 Å². The van der Waals surface area contributed by atoms with Crippen molar-refractivity contribution < 1.29 is 22.7 Å². The molecule has 0 saturated carbocycles. The monoisotopic (exact) mass is 396 g/mol. The summed E-state index contributed by atoms with van der Waals surface area (Å²) in [6.07, 6.45) is 2.54. The van der Waals surface area contributed by atoms with Gasteiger partial charge in [0.25, 0.3) is 0 Å². The molecular weight excluding hydrogens is 368 g/mol. The summed E-state index contributed by atoms with van der Waals surface area (Å²) in [6.45, 7) is 4.76. The number of likely N-dealkylation sites (tertiary alicyclic amines) is 1. The van der Waals surface area contributed by atoms with Crippen molar-refractivity contribution in [3.63, 3.8) is 0 Å². The van der Waals surface area contributed by atoms with Crippen molar-refractivity contribution in [3.8, 4) is 0 Å². The molecule has 0 aliphatic carbocycles. The third-order valence-electron chi connectivity index (χ3n) is 4.75. The van der Waals surface area contributed by atoms with Gasteiger partial charge in [-0.1, -0.05) is 25.1 Å². The largest absolute Gasteiger partial charge is 0.466 e. The number of anilines is 1. The van der Waals surface area contributed by atoms with Gasteiger partial charge in [-0.25, -0.2) is 8.42 Å². The summed E-state index contributed by atoms with van der Waals surface area (Å²) in [5, 5.41) is 0. The Morgan fingerprint density at radius 3 is 2.26 bits per heavy atom. The lowest BCUT2D eigenvalue weighted by Crippen LogP contribution is -2.52. The van der Waals surface area contributed by atoms with Gasteiger partial charge in [0.15, 0.2) is 0 Å². The van der Waals surface area contributed by atoms with Crippen LogP contribution in [0, 0.1) is 5.92 Å². The molecule has 1 aliphatic heterocycles. The molecule has 1 aliphatic rings. The average molecular weight is 397 g/mol. The zero-order valence-electron chi connectivity index (χ0n) is 16.1. The van der Waals surface area contributed by atoms with Gasteiger partial charge in [-0.2, -0.15) is 0 Å². The van der Waals surface area contributed by atoms with Crippen molar-refractivity contribution in [2.45, 2.75) is 39.2 Å². The minimum Gasteiger partial charge on any atom is -0.466 e. The highest BCUT2D eigenvalue weighted by molar-refractivity contribution is 7.92. The third kappa shape index (κ3) is 5.22. The Labute approximate surface area is 161 Å². The fraction of sp³-hybridized carbons (Fsp3) is 0.579. The first-order chi connectivity index (χ1) is 12.8. The summed E-state index contributed by atoms with van der Waals surface area (Å²) in [7, 11) is -3.63. The molecule has 1 heterocycles. The highest BCUT2D eigenvalue weighted by Gasteiger charge is 2.36. The van der Waals surface area contributed by atoms with Crippen LogP contribution in [0.1, 0.15) is 33.1 Å². The summed E-state index contributed by atoms with van der Waals surface area (Å²) >= 11 is 0. The van der Waals surface area contributed by atoms with Gasteiger partial charge in [-0.05, 0) is 38.3 Å². The molecule has 1 amide bonds. The molecule has 7 nitrogen and oxygen atoms in total. The smallest absolute Gasteiger partial charge is 0.309 e. The maximum atomic E-state index is 13.1. The van der Waals surface area contributed by atoms with Crippen LogP contribution in [-0.4, -0.2) is 57.2 Å². The first kappa shape index (κ1) is 21.2. The molecule has 1 fully saturated rings. The maximum Gasteiger partial charge on any atom is 0.309 e. The lowest BCUT2D eigenvalue weighted by atomic mass is 9.96. The summed E-state index contributed by atoms with van der Waals surface area (Å²) in [6, 6.07) is 7.85. The normalized spacial score (nSPS) is 16.6. The van der Waals surface area contributed by atoms with Crippen molar-refractivity contribution in [3.05, 3.63) is 30.3 Å². The molecule has 0 radical (unpaired) electrons. The lowest BCUT2D eigenvalue weighted by molar-refractivity contribution is -0.151. The number of para-hydroxylation sites is 1. The fourth-order valence-corrected chi connectivity index (χ4v) is 4.63. The number of carbonyl (C=O) groups excluding carboxylic acids is 2. The second-order valence-electron chi connectivity index (χ2n) is 6.67. The maximum absolute atomic E-state index is 13.1. The fourth-order valence-electron chi connectivity index (χ4n) is 3.42. The first-order valence-corrected chi connectivity index (χ1v) is 11.1. The van der Waals surface area contributed by atoms with E-state index in [-0.39, 0.29) is 17.8 Å². The molecule has 2 rings (SSSR count). The predicted molar refractivity (Wildman–Crippen MR) is 104 cm³/mol. The second kappa shape index (κ2) is 9.21. The second-order valence-corrected chi connectivity index (χ2v) is 8.53. The Morgan fingerprint density at radius 1 is 1.19 bits per heavy atom. The number of benzene rings is 1. The van der Waals surface area contributed by atoms with E-state index in [1.165, 1.54) is 4.31 Å². The van der Waals surface area contributed by atoms with Crippen molar-refractivity contribution >= 4 is 27.6 Å². The molecule has 1 aromatic rings. The van der Waals surface area contributed by atoms with Gasteiger partial charge < -0.3 is 9.64 Å². The van der Waals surface area contributed by atoms with E-state index in [1.54, 1.807) is 49.1 Å². The lowest BCUT2D eigenvalue weighted by Gasteiger charge is -2.37. The standard InChI is InChI=1S/C19H28N2O5S/c1-4-17(21(27(3,24)25)16-9-7-6-8-10-16)18(22)20-13-11-15(12-14-20)19(23)26-5-2/h6-10,15,17H,4-5,11-14H2,1-3H3. The number of nitrogens with zero attached hydrogens (tertiary/aromatic N) is 2. The van der Waals surface area contributed by atoms with Crippen LogP contribution in [0.3, 0.4) is 0 Å². The molecule has 1 atom stereocenters. The zero-order valence-corrected chi connectivity index (χ0v) is 16.9. The molecule has 0 bridgehead atoms. The van der Waals surface area contributed by atoms with Gasteiger partial charge >= 0.3 is 5.97 Å². The molecule has 1 unspecified atom stereocenters. The topological polar surface area (TPSA) is 84.0 Å². The van der Waals surface area contributed by atoms with Gasteiger partial charge in [-0.15, -0.1) is 0 Å². The number of hydrogen-bond acceptors (Lipinski definition) is 5. The number of amides is 1. The predicted octanol–water partition coefficient (Wildman–Crippen LogP) is 2.03. The Morgan fingerprint density at radius 2 is 1.78 bits per heavy atom. The third-order valence-corrected chi connectivity index (χ3v) is 5.93. The van der Waals surface area contributed by atoms with Crippen LogP contribution in [0.15, 0.2) is 30.3 Å². The molecule has 150 valence electrons. The summed E-state index contributed by atoms with van der Waals surface area (Å²) in [5.74, 6) is -0.651. The average Bonchev–Trinajstić information content (AvgIpc) is 2.65.